The second kappa shape index (κ2) is 38.8. The third-order valence-corrected chi connectivity index (χ3v) is 17.8. The van der Waals surface area contributed by atoms with Crippen molar-refractivity contribution in [3.8, 4) is 0 Å². The van der Waals surface area contributed by atoms with Crippen molar-refractivity contribution >= 4 is 35.0 Å². The van der Waals surface area contributed by atoms with Crippen LogP contribution >= 0.6 is 23.5 Å². The number of phosphoric acid groups is 3. The van der Waals surface area contributed by atoms with E-state index in [0.29, 0.717) is 32.1 Å². The fraction of sp³-hybridized carbons (Fsp3) is 0.962. The summed E-state index contributed by atoms with van der Waals surface area (Å²) in [7, 11) is -14.3. The number of carbonyl (C=O) groups is 2. The van der Waals surface area contributed by atoms with Gasteiger partial charge in [0, 0.05) is 63.3 Å². The van der Waals surface area contributed by atoms with Crippen LogP contribution in [0.15, 0.2) is 0 Å². The number of aliphatic hydroxyl groups excluding tert-OH is 6. The van der Waals surface area contributed by atoms with Gasteiger partial charge in [-0.2, -0.15) is 0 Å². The molecule has 4 fully saturated rings. The first-order valence-electron chi connectivity index (χ1n) is 29.7. The number of ketones is 2. The Balaban J connectivity index is 1.10. The zero-order valence-corrected chi connectivity index (χ0v) is 52.8. The maximum Gasteiger partial charge on any atom is 0.472 e. The third kappa shape index (κ3) is 29.1. The summed E-state index contributed by atoms with van der Waals surface area (Å²) in [5.74, 6) is -1.50. The summed E-state index contributed by atoms with van der Waals surface area (Å²) in [6.07, 6.45) is -5.04. The molecule has 4 saturated heterocycles. The number of hydrogen-bond acceptors (Lipinski definition) is 26. The zero-order chi connectivity index (χ0) is 62.8. The number of ether oxygens (including phenoxy) is 9. The van der Waals surface area contributed by atoms with Crippen molar-refractivity contribution < 1.29 is 138 Å². The van der Waals surface area contributed by atoms with E-state index in [1.807, 2.05) is 20.8 Å². The Hall–Kier alpha value is -0.930. The lowest BCUT2D eigenvalue weighted by atomic mass is 9.86. The molecule has 19 atom stereocenters. The first-order chi connectivity index (χ1) is 40.2. The summed E-state index contributed by atoms with van der Waals surface area (Å²) in [6.45, 7) is 8.01. The second-order valence-electron chi connectivity index (χ2n) is 23.0. The summed E-state index contributed by atoms with van der Waals surface area (Å²) in [5.41, 5.74) is -0.429. The van der Waals surface area contributed by atoms with Crippen molar-refractivity contribution in [3.63, 3.8) is 0 Å². The van der Waals surface area contributed by atoms with Gasteiger partial charge in [-0.3, -0.25) is 36.7 Å². The molecule has 0 radical (unpaired) electrons. The number of Topliss-reactive ketones (excluding diaryl/α,β-unsaturated/α-hetero) is 2. The van der Waals surface area contributed by atoms with Gasteiger partial charge in [0.25, 0.3) is 0 Å². The molecule has 85 heavy (non-hydrogen) atoms. The molecule has 4 aliphatic rings. The molecular weight excluding hydrogens is 1190 g/mol. The summed E-state index contributed by atoms with van der Waals surface area (Å²) >= 11 is 0. The molecule has 9 N–H and O–H groups in total. The van der Waals surface area contributed by atoms with Crippen LogP contribution in [-0.4, -0.2) is 222 Å². The fourth-order valence-electron chi connectivity index (χ4n) is 9.67. The van der Waals surface area contributed by atoms with Crippen molar-refractivity contribution in [1.82, 2.24) is 0 Å². The number of aliphatic hydroxyl groups is 6. The SMILES string of the molecule is CC1[C@H](OCC(=O)CCCCCCCO[C@@H]2C[C@@H](OP(=O)(O)OCCCOC(C)(C)C)C(COP(=O)(O)OCCCOP(=O)(O)O[C@@H]3C[C@@H](OCCCCCCCC(=O)CO[C@@H]4OC(CO)[C@H](O)[C@H](O)C4C)OC3CO)O2)OC(CO)[C@H](C)[C@@H]1O. The zero-order valence-electron chi connectivity index (χ0n) is 50.1. The maximum atomic E-state index is 13.0. The minimum Gasteiger partial charge on any atom is -0.394 e. The van der Waals surface area contributed by atoms with Gasteiger partial charge in [-0.05, 0) is 59.3 Å². The Morgan fingerprint density at radius 3 is 1.38 bits per heavy atom. The van der Waals surface area contributed by atoms with Gasteiger partial charge < -0.3 is 88.0 Å². The van der Waals surface area contributed by atoms with Gasteiger partial charge in [-0.1, -0.05) is 59.3 Å². The number of unbranched alkanes of at least 4 members (excludes halogenated alkanes) is 8. The van der Waals surface area contributed by atoms with Gasteiger partial charge in [-0.15, -0.1) is 0 Å². The van der Waals surface area contributed by atoms with Crippen molar-refractivity contribution in [2.75, 3.05) is 79.3 Å². The summed E-state index contributed by atoms with van der Waals surface area (Å²) in [6, 6.07) is 0. The van der Waals surface area contributed by atoms with Crippen molar-refractivity contribution in [2.24, 2.45) is 17.8 Å². The first kappa shape index (κ1) is 76.5. The van der Waals surface area contributed by atoms with Gasteiger partial charge in [0.1, 0.15) is 49.8 Å². The molecule has 0 aromatic rings. The Bertz CT molecular complexity index is 2040. The Morgan fingerprint density at radius 1 is 0.459 bits per heavy atom. The molecule has 29 nitrogen and oxygen atoms in total. The highest BCUT2D eigenvalue weighted by Crippen LogP contribution is 2.50. The molecule has 0 aliphatic carbocycles. The van der Waals surface area contributed by atoms with Crippen LogP contribution in [0.5, 0.6) is 0 Å². The molecule has 0 bridgehead atoms. The number of carbonyl (C=O) groups excluding carboxylic acids is 2. The highest BCUT2D eigenvalue weighted by atomic mass is 31.2. The largest absolute Gasteiger partial charge is 0.472 e. The van der Waals surface area contributed by atoms with E-state index in [2.05, 4.69) is 0 Å². The smallest absolute Gasteiger partial charge is 0.394 e. The van der Waals surface area contributed by atoms with Crippen molar-refractivity contribution in [3.05, 3.63) is 0 Å². The summed E-state index contributed by atoms with van der Waals surface area (Å²) in [5, 5.41) is 59.4. The second-order valence-corrected chi connectivity index (χ2v) is 27.3. The van der Waals surface area contributed by atoms with E-state index in [-0.39, 0.29) is 102 Å². The molecule has 0 amide bonds. The molecule has 0 saturated carbocycles. The first-order valence-corrected chi connectivity index (χ1v) is 34.2. The van der Waals surface area contributed by atoms with E-state index >= 15 is 0 Å². The molecule has 0 aromatic heterocycles. The van der Waals surface area contributed by atoms with Crippen LogP contribution in [0.4, 0.5) is 0 Å². The highest BCUT2D eigenvalue weighted by Gasteiger charge is 2.46. The lowest BCUT2D eigenvalue weighted by Crippen LogP contribution is -2.55. The van der Waals surface area contributed by atoms with Crippen molar-refractivity contribution in [2.45, 2.75) is 230 Å². The van der Waals surface area contributed by atoms with Gasteiger partial charge in [0.15, 0.2) is 36.7 Å². The van der Waals surface area contributed by atoms with E-state index in [0.717, 1.165) is 38.5 Å². The average Bonchev–Trinajstić information content (AvgIpc) is 4.23. The molecule has 0 spiro atoms. The van der Waals surface area contributed by atoms with Crippen LogP contribution in [0.2, 0.25) is 0 Å². The lowest BCUT2D eigenvalue weighted by Gasteiger charge is -2.41. The van der Waals surface area contributed by atoms with Gasteiger partial charge >= 0.3 is 23.5 Å². The topological polar surface area (TPSA) is 406 Å². The number of phosphoric ester groups is 3. The Labute approximate surface area is 499 Å². The van der Waals surface area contributed by atoms with E-state index in [4.69, 9.17) is 69.8 Å². The molecule has 32 heteroatoms. The Kier molecular flexibility index (Phi) is 34.9. The number of hydrogen-bond donors (Lipinski definition) is 9. The standard InChI is InChI=1S/C53H99O29P3/c1-35-42(29-54)79-51(36(2)48(35)59)70-32-38(57)19-13-10-8-12-16-22-69-47-28-41(82-85(66,67)74-24-17-23-72-53(4,5)6)45(78-47)34-76-83(62,63)73-25-18-26-75-84(64,65)81-40-27-46(77-43(40)30-55)68-21-15-11-7-9-14-20-39(58)33-71-52-37(3)49(60)50(61)44(31-56)80-52/h35-37,40-52,54-56,59-61H,7-34H2,1-6H3,(H,62,63)(H,64,65)(H,66,67)/t35-,36?,37?,40+,41+,42?,43?,44?,45?,46-,47-,48-,49+,50-,51+,52+/m0/s1. The predicted octanol–water partition coefficient (Wildman–Crippen LogP) is 4.25. The monoisotopic (exact) mass is 1290 g/mol. The molecule has 9 unspecified atom stereocenters. The van der Waals surface area contributed by atoms with Crippen LogP contribution < -0.4 is 0 Å². The predicted molar refractivity (Wildman–Crippen MR) is 298 cm³/mol. The van der Waals surface area contributed by atoms with E-state index in [1.54, 1.807) is 20.8 Å². The fourth-order valence-corrected chi connectivity index (χ4v) is 12.4. The van der Waals surface area contributed by atoms with Crippen LogP contribution in [-0.2, 0) is 93.1 Å². The summed E-state index contributed by atoms with van der Waals surface area (Å²) < 4.78 is 121. The van der Waals surface area contributed by atoms with Gasteiger partial charge in [-0.25, -0.2) is 13.7 Å². The summed E-state index contributed by atoms with van der Waals surface area (Å²) in [4.78, 5) is 56.4. The van der Waals surface area contributed by atoms with E-state index in [1.165, 1.54) is 0 Å². The Morgan fingerprint density at radius 2 is 0.882 bits per heavy atom. The quantitative estimate of drug-likeness (QED) is 0.0304. The van der Waals surface area contributed by atoms with E-state index < -0.39 is 148 Å². The lowest BCUT2D eigenvalue weighted by molar-refractivity contribution is -0.280. The van der Waals surface area contributed by atoms with Crippen LogP contribution in [0.3, 0.4) is 0 Å². The minimum atomic E-state index is -4.83. The molecule has 4 rings (SSSR count). The maximum absolute atomic E-state index is 13.0. The number of rotatable bonds is 45. The van der Waals surface area contributed by atoms with Crippen LogP contribution in [0, 0.1) is 17.8 Å². The van der Waals surface area contributed by atoms with Gasteiger partial charge in [0.2, 0.25) is 0 Å². The molecular formula is C53H99O29P3. The molecule has 4 heterocycles. The van der Waals surface area contributed by atoms with Crippen LogP contribution in [0.25, 0.3) is 0 Å². The molecule has 500 valence electrons. The van der Waals surface area contributed by atoms with E-state index in [9.17, 15) is 68.6 Å². The third-order valence-electron chi connectivity index (χ3n) is 14.7. The minimum absolute atomic E-state index is 0.00517. The average molecular weight is 1290 g/mol. The molecule has 0 aromatic carbocycles. The van der Waals surface area contributed by atoms with Crippen molar-refractivity contribution in [1.29, 1.82) is 0 Å². The highest BCUT2D eigenvalue weighted by molar-refractivity contribution is 7.48. The van der Waals surface area contributed by atoms with Crippen LogP contribution in [0.1, 0.15) is 144 Å². The normalized spacial score (nSPS) is 32.3. The van der Waals surface area contributed by atoms with Gasteiger partial charge in [0.05, 0.1) is 70.2 Å². The molecule has 4 aliphatic heterocycles.